The molecule has 3 nitrogen and oxygen atoms in total. The molecule has 2 aromatic rings. The lowest BCUT2D eigenvalue weighted by Gasteiger charge is -2.14. The normalized spacial score (nSPS) is 11.9. The maximum atomic E-state index is 12.0. The third-order valence-corrected chi connectivity index (χ3v) is 3.18. The van der Waals surface area contributed by atoms with Gasteiger partial charge in [0.2, 0.25) is 5.91 Å². The Kier molecular flexibility index (Phi) is 5.16. The minimum absolute atomic E-state index is 0.0804. The summed E-state index contributed by atoms with van der Waals surface area (Å²) in [7, 11) is 0. The van der Waals surface area contributed by atoms with Gasteiger partial charge in [-0.3, -0.25) is 4.79 Å². The number of benzene rings is 2. The van der Waals surface area contributed by atoms with Crippen molar-refractivity contribution in [3.05, 3.63) is 65.2 Å². The zero-order valence-electron chi connectivity index (χ0n) is 11.3. The summed E-state index contributed by atoms with van der Waals surface area (Å²) in [5.74, 6) is -0.0804. The number of anilines is 1. The number of carbonyl (C=O) groups excluding carboxylic acids is 1. The van der Waals surface area contributed by atoms with Crippen LogP contribution in [0.15, 0.2) is 54.6 Å². The molecule has 0 aliphatic heterocycles. The Morgan fingerprint density at radius 3 is 2.60 bits per heavy atom. The molecule has 2 rings (SSSR count). The largest absolute Gasteiger partial charge is 0.325 e. The van der Waals surface area contributed by atoms with E-state index in [1.165, 1.54) is 0 Å². The van der Waals surface area contributed by atoms with E-state index in [0.717, 1.165) is 5.56 Å². The molecule has 4 heteroatoms. The second-order valence-corrected chi connectivity index (χ2v) is 5.02. The molecule has 0 aliphatic rings. The molecule has 1 atom stereocenters. The lowest BCUT2D eigenvalue weighted by atomic mass is 10.2. The molecule has 0 aliphatic carbocycles. The molecule has 20 heavy (non-hydrogen) atoms. The van der Waals surface area contributed by atoms with Crippen LogP contribution in [0.2, 0.25) is 5.02 Å². The first kappa shape index (κ1) is 14.6. The van der Waals surface area contributed by atoms with Crippen LogP contribution < -0.4 is 10.6 Å². The molecule has 0 bridgehead atoms. The quantitative estimate of drug-likeness (QED) is 0.885. The fourth-order valence-electron chi connectivity index (χ4n) is 1.78. The minimum atomic E-state index is -0.283. The maximum Gasteiger partial charge on any atom is 0.241 e. The molecule has 0 saturated carbocycles. The number of amides is 1. The molecule has 0 radical (unpaired) electrons. The molecule has 0 heterocycles. The monoisotopic (exact) mass is 288 g/mol. The van der Waals surface area contributed by atoms with Crippen LogP contribution in [0.4, 0.5) is 5.69 Å². The van der Waals surface area contributed by atoms with Gasteiger partial charge in [-0.15, -0.1) is 0 Å². The van der Waals surface area contributed by atoms with Crippen LogP contribution in [0.1, 0.15) is 12.5 Å². The highest BCUT2D eigenvalue weighted by Crippen LogP contribution is 2.15. The standard InChI is InChI=1S/C16H17ClN2O/c1-12(18-11-13-6-3-2-4-7-13)16(20)19-15-9-5-8-14(17)10-15/h2-10,12,18H,11H2,1H3,(H,19,20)/t12-/m0/s1. The number of hydrogen-bond donors (Lipinski definition) is 2. The third-order valence-electron chi connectivity index (χ3n) is 2.94. The van der Waals surface area contributed by atoms with Crippen LogP contribution in [-0.4, -0.2) is 11.9 Å². The number of rotatable bonds is 5. The highest BCUT2D eigenvalue weighted by molar-refractivity contribution is 6.30. The van der Waals surface area contributed by atoms with Crippen LogP contribution in [0.3, 0.4) is 0 Å². The molecule has 2 N–H and O–H groups in total. The van der Waals surface area contributed by atoms with Crippen molar-refractivity contribution in [3.8, 4) is 0 Å². The molecule has 0 saturated heterocycles. The fraction of sp³-hybridized carbons (Fsp3) is 0.188. The van der Waals surface area contributed by atoms with Crippen LogP contribution in [0.5, 0.6) is 0 Å². The SMILES string of the molecule is C[C@H](NCc1ccccc1)C(=O)Nc1cccc(Cl)c1. The summed E-state index contributed by atoms with van der Waals surface area (Å²) in [5.41, 5.74) is 1.85. The van der Waals surface area contributed by atoms with Crippen molar-refractivity contribution >= 4 is 23.2 Å². The van der Waals surface area contributed by atoms with Gasteiger partial charge in [-0.1, -0.05) is 48.0 Å². The van der Waals surface area contributed by atoms with Gasteiger partial charge < -0.3 is 10.6 Å². The van der Waals surface area contributed by atoms with E-state index >= 15 is 0 Å². The molecule has 0 unspecified atom stereocenters. The second kappa shape index (κ2) is 7.08. The Balaban J connectivity index is 1.86. The number of halogens is 1. The number of hydrogen-bond acceptors (Lipinski definition) is 2. The van der Waals surface area contributed by atoms with E-state index in [1.807, 2.05) is 43.3 Å². The van der Waals surface area contributed by atoms with Gasteiger partial charge in [-0.25, -0.2) is 0 Å². The Bertz CT molecular complexity index is 572. The van der Waals surface area contributed by atoms with Crippen molar-refractivity contribution in [1.82, 2.24) is 5.32 Å². The van der Waals surface area contributed by atoms with E-state index in [9.17, 15) is 4.79 Å². The summed E-state index contributed by atoms with van der Waals surface area (Å²) in [5, 5.41) is 6.63. The van der Waals surface area contributed by atoms with E-state index < -0.39 is 0 Å². The van der Waals surface area contributed by atoms with Crippen molar-refractivity contribution in [2.45, 2.75) is 19.5 Å². The van der Waals surface area contributed by atoms with Gasteiger partial charge in [0.15, 0.2) is 0 Å². The molecule has 0 fully saturated rings. The Labute approximate surface area is 124 Å². The van der Waals surface area contributed by atoms with Crippen molar-refractivity contribution in [1.29, 1.82) is 0 Å². The van der Waals surface area contributed by atoms with Crippen LogP contribution in [-0.2, 0) is 11.3 Å². The first-order chi connectivity index (χ1) is 9.65. The highest BCUT2D eigenvalue weighted by Gasteiger charge is 2.12. The van der Waals surface area contributed by atoms with Gasteiger partial charge in [-0.2, -0.15) is 0 Å². The molecule has 2 aromatic carbocycles. The van der Waals surface area contributed by atoms with Crippen molar-refractivity contribution in [2.24, 2.45) is 0 Å². The van der Waals surface area contributed by atoms with Crippen molar-refractivity contribution in [3.63, 3.8) is 0 Å². The summed E-state index contributed by atoms with van der Waals surface area (Å²) in [6.45, 7) is 2.49. The number of nitrogens with one attached hydrogen (secondary N) is 2. The molecular formula is C16H17ClN2O. The summed E-state index contributed by atoms with van der Waals surface area (Å²) in [6, 6.07) is 16.8. The first-order valence-corrected chi connectivity index (χ1v) is 6.86. The van der Waals surface area contributed by atoms with Gasteiger partial charge in [0.25, 0.3) is 0 Å². The smallest absolute Gasteiger partial charge is 0.241 e. The predicted molar refractivity (Wildman–Crippen MR) is 82.8 cm³/mol. The van der Waals surface area contributed by atoms with Crippen LogP contribution >= 0.6 is 11.6 Å². The van der Waals surface area contributed by atoms with E-state index in [0.29, 0.717) is 17.3 Å². The van der Waals surface area contributed by atoms with Gasteiger partial charge in [0.05, 0.1) is 6.04 Å². The van der Waals surface area contributed by atoms with Crippen LogP contribution in [0.25, 0.3) is 0 Å². The topological polar surface area (TPSA) is 41.1 Å². The zero-order chi connectivity index (χ0) is 14.4. The van der Waals surface area contributed by atoms with Crippen LogP contribution in [0, 0.1) is 0 Å². The Morgan fingerprint density at radius 1 is 1.15 bits per heavy atom. The summed E-state index contributed by atoms with van der Waals surface area (Å²) < 4.78 is 0. The van der Waals surface area contributed by atoms with E-state index in [4.69, 9.17) is 11.6 Å². The fourth-order valence-corrected chi connectivity index (χ4v) is 1.97. The minimum Gasteiger partial charge on any atom is -0.325 e. The lowest BCUT2D eigenvalue weighted by Crippen LogP contribution is -2.37. The van der Waals surface area contributed by atoms with Crippen molar-refractivity contribution in [2.75, 3.05) is 5.32 Å². The summed E-state index contributed by atoms with van der Waals surface area (Å²) >= 11 is 5.88. The Morgan fingerprint density at radius 2 is 1.90 bits per heavy atom. The molecule has 1 amide bonds. The van der Waals surface area contributed by atoms with Crippen molar-refractivity contribution < 1.29 is 4.79 Å². The van der Waals surface area contributed by atoms with E-state index in [-0.39, 0.29) is 11.9 Å². The third kappa shape index (κ3) is 4.37. The average Bonchev–Trinajstić information content (AvgIpc) is 2.46. The Hall–Kier alpha value is -1.84. The highest BCUT2D eigenvalue weighted by atomic mass is 35.5. The van der Waals surface area contributed by atoms with E-state index in [1.54, 1.807) is 18.2 Å². The summed E-state index contributed by atoms with van der Waals surface area (Å²) in [6.07, 6.45) is 0. The molecule has 104 valence electrons. The zero-order valence-corrected chi connectivity index (χ0v) is 12.0. The summed E-state index contributed by atoms with van der Waals surface area (Å²) in [4.78, 5) is 12.0. The maximum absolute atomic E-state index is 12.0. The van der Waals surface area contributed by atoms with Gasteiger partial charge in [0, 0.05) is 17.3 Å². The molecule has 0 aromatic heterocycles. The van der Waals surface area contributed by atoms with Gasteiger partial charge in [-0.05, 0) is 30.7 Å². The average molecular weight is 289 g/mol. The van der Waals surface area contributed by atoms with E-state index in [2.05, 4.69) is 10.6 Å². The second-order valence-electron chi connectivity index (χ2n) is 4.59. The number of carbonyl (C=O) groups is 1. The predicted octanol–water partition coefficient (Wildman–Crippen LogP) is 3.46. The molecular weight excluding hydrogens is 272 g/mol. The first-order valence-electron chi connectivity index (χ1n) is 6.49. The molecule has 0 spiro atoms. The van der Waals surface area contributed by atoms with Gasteiger partial charge in [0.1, 0.15) is 0 Å². The van der Waals surface area contributed by atoms with Gasteiger partial charge >= 0.3 is 0 Å². The lowest BCUT2D eigenvalue weighted by molar-refractivity contribution is -0.117.